The monoisotopic (exact) mass is 328 g/mol. The first-order valence-corrected chi connectivity index (χ1v) is 8.84. The minimum atomic E-state index is -0.443. The van der Waals surface area contributed by atoms with E-state index in [2.05, 4.69) is 17.6 Å². The lowest BCUT2D eigenvalue weighted by Gasteiger charge is -2.60. The molecule has 5 heteroatoms. The van der Waals surface area contributed by atoms with Gasteiger partial charge in [-0.1, -0.05) is 19.1 Å². The van der Waals surface area contributed by atoms with Gasteiger partial charge in [-0.25, -0.2) is 0 Å². The number of hydrogen-bond acceptors (Lipinski definition) is 4. The van der Waals surface area contributed by atoms with E-state index in [-0.39, 0.29) is 29.1 Å². The summed E-state index contributed by atoms with van der Waals surface area (Å²) in [5, 5.41) is 6.84. The van der Waals surface area contributed by atoms with E-state index in [4.69, 9.17) is 4.74 Å². The number of hydrogen-bond donors (Lipinski definition) is 2. The summed E-state index contributed by atoms with van der Waals surface area (Å²) >= 11 is 0. The first-order chi connectivity index (χ1) is 11.5. The minimum Gasteiger partial charge on any atom is -0.466 e. The predicted octanol–water partition coefficient (Wildman–Crippen LogP) is 2.93. The zero-order valence-corrected chi connectivity index (χ0v) is 14.2. The molecule has 4 atom stereocenters. The molecule has 3 saturated carbocycles. The van der Waals surface area contributed by atoms with Crippen molar-refractivity contribution in [1.29, 1.82) is 0 Å². The van der Waals surface area contributed by atoms with E-state index in [1.165, 1.54) is 0 Å². The Bertz CT molecular complexity index is 704. The highest BCUT2D eigenvalue weighted by Crippen LogP contribution is 2.58. The SMILES string of the molecule is CCOC(=O)[C@H]1C[C@H]2CC[C@@]1(C)C[C@]21NC(=O)c2ccccc2N1. The van der Waals surface area contributed by atoms with E-state index in [0.29, 0.717) is 12.2 Å². The molecule has 1 aliphatic heterocycles. The molecule has 2 bridgehead atoms. The van der Waals surface area contributed by atoms with Crippen LogP contribution >= 0.6 is 0 Å². The summed E-state index contributed by atoms with van der Waals surface area (Å²) in [6, 6.07) is 7.63. The second-order valence-electron chi connectivity index (χ2n) is 7.70. The smallest absolute Gasteiger partial charge is 0.309 e. The fourth-order valence-electron chi connectivity index (χ4n) is 5.05. The van der Waals surface area contributed by atoms with Crippen LogP contribution in [0.15, 0.2) is 24.3 Å². The maximum Gasteiger partial charge on any atom is 0.309 e. The third kappa shape index (κ3) is 2.14. The number of para-hydroxylation sites is 1. The lowest BCUT2D eigenvalue weighted by Crippen LogP contribution is -2.69. The van der Waals surface area contributed by atoms with Crippen molar-refractivity contribution < 1.29 is 14.3 Å². The molecule has 24 heavy (non-hydrogen) atoms. The Morgan fingerprint density at radius 2 is 2.12 bits per heavy atom. The van der Waals surface area contributed by atoms with Crippen LogP contribution in [0, 0.1) is 17.3 Å². The van der Waals surface area contributed by atoms with Crippen molar-refractivity contribution in [2.24, 2.45) is 17.3 Å². The molecule has 0 radical (unpaired) electrons. The van der Waals surface area contributed by atoms with Crippen molar-refractivity contribution in [2.45, 2.75) is 45.2 Å². The fourth-order valence-corrected chi connectivity index (χ4v) is 5.05. The number of amides is 1. The Hall–Kier alpha value is -2.04. The van der Waals surface area contributed by atoms with Crippen LogP contribution < -0.4 is 10.6 Å². The van der Waals surface area contributed by atoms with Crippen LogP contribution in [0.3, 0.4) is 0 Å². The van der Waals surface area contributed by atoms with Gasteiger partial charge in [0.25, 0.3) is 5.91 Å². The summed E-state index contributed by atoms with van der Waals surface area (Å²) in [6.07, 6.45) is 3.54. The number of rotatable bonds is 2. The Morgan fingerprint density at radius 3 is 2.88 bits per heavy atom. The van der Waals surface area contributed by atoms with E-state index in [1.54, 1.807) is 0 Å². The van der Waals surface area contributed by atoms with E-state index in [0.717, 1.165) is 31.4 Å². The molecule has 1 aromatic carbocycles. The van der Waals surface area contributed by atoms with Crippen LogP contribution in [0.1, 0.15) is 49.9 Å². The highest BCUT2D eigenvalue weighted by atomic mass is 16.5. The summed E-state index contributed by atoms with van der Waals surface area (Å²) in [5.74, 6) is 0.0685. The maximum absolute atomic E-state index is 12.6. The van der Waals surface area contributed by atoms with Crippen molar-refractivity contribution in [3.05, 3.63) is 29.8 Å². The maximum atomic E-state index is 12.6. The molecule has 0 aromatic heterocycles. The fraction of sp³-hybridized carbons (Fsp3) is 0.579. The normalized spacial score (nSPS) is 36.7. The molecule has 3 fully saturated rings. The summed E-state index contributed by atoms with van der Waals surface area (Å²) in [5.41, 5.74) is 0.997. The number of ether oxygens (including phenoxy) is 1. The summed E-state index contributed by atoms with van der Waals surface area (Å²) < 4.78 is 5.31. The topological polar surface area (TPSA) is 67.4 Å². The third-order valence-corrected chi connectivity index (χ3v) is 6.24. The molecule has 5 nitrogen and oxygen atoms in total. The van der Waals surface area contributed by atoms with Gasteiger partial charge in [0, 0.05) is 11.6 Å². The first kappa shape index (κ1) is 15.5. The van der Waals surface area contributed by atoms with Gasteiger partial charge in [-0.3, -0.25) is 9.59 Å². The average Bonchev–Trinajstić information content (AvgIpc) is 2.54. The van der Waals surface area contributed by atoms with Crippen LogP contribution in [-0.4, -0.2) is 24.1 Å². The second kappa shape index (κ2) is 5.23. The highest BCUT2D eigenvalue weighted by Gasteiger charge is 2.60. The highest BCUT2D eigenvalue weighted by molar-refractivity contribution is 6.02. The van der Waals surface area contributed by atoms with Crippen LogP contribution in [0.2, 0.25) is 0 Å². The van der Waals surface area contributed by atoms with Crippen molar-refractivity contribution in [1.82, 2.24) is 5.32 Å². The van der Waals surface area contributed by atoms with Gasteiger partial charge in [0.2, 0.25) is 0 Å². The molecule has 0 unspecified atom stereocenters. The van der Waals surface area contributed by atoms with Crippen LogP contribution in [0.5, 0.6) is 0 Å². The number of carbonyl (C=O) groups is 2. The van der Waals surface area contributed by atoms with E-state index < -0.39 is 5.66 Å². The van der Waals surface area contributed by atoms with E-state index in [1.807, 2.05) is 31.2 Å². The van der Waals surface area contributed by atoms with Gasteiger partial charge >= 0.3 is 5.97 Å². The predicted molar refractivity (Wildman–Crippen MR) is 90.4 cm³/mol. The standard InChI is InChI=1S/C19H24N2O3/c1-3-24-17(23)14-10-12-8-9-18(14,2)11-19(12)20-15-7-5-4-6-13(15)16(22)21-19/h4-7,12,14,20H,3,8-11H2,1-2H3,(H,21,22)/t12-,14-,18+,19+/m1/s1. The Kier molecular flexibility index (Phi) is 3.37. The lowest BCUT2D eigenvalue weighted by molar-refractivity contribution is -0.163. The Morgan fingerprint density at radius 1 is 1.33 bits per heavy atom. The van der Waals surface area contributed by atoms with Crippen LogP contribution in [-0.2, 0) is 9.53 Å². The average molecular weight is 328 g/mol. The molecule has 2 N–H and O–H groups in total. The van der Waals surface area contributed by atoms with Gasteiger partial charge in [0.1, 0.15) is 5.66 Å². The first-order valence-electron chi connectivity index (χ1n) is 8.84. The summed E-state index contributed by atoms with van der Waals surface area (Å²) in [6.45, 7) is 4.44. The molecule has 1 aromatic rings. The lowest BCUT2D eigenvalue weighted by atomic mass is 9.51. The summed E-state index contributed by atoms with van der Waals surface area (Å²) in [4.78, 5) is 25.0. The molecule has 4 aliphatic rings. The molecular weight excluding hydrogens is 304 g/mol. The van der Waals surface area contributed by atoms with Gasteiger partial charge in [0.15, 0.2) is 0 Å². The molecule has 128 valence electrons. The molecule has 1 amide bonds. The zero-order chi connectivity index (χ0) is 16.9. The number of carbonyl (C=O) groups excluding carboxylic acids is 2. The van der Waals surface area contributed by atoms with Crippen molar-refractivity contribution >= 4 is 17.6 Å². The molecule has 1 heterocycles. The minimum absolute atomic E-state index is 0.0202. The van der Waals surface area contributed by atoms with Gasteiger partial charge < -0.3 is 15.4 Å². The van der Waals surface area contributed by atoms with E-state index in [9.17, 15) is 9.59 Å². The molecule has 1 spiro atoms. The number of esters is 1. The third-order valence-electron chi connectivity index (χ3n) is 6.24. The number of nitrogens with one attached hydrogen (secondary N) is 2. The molecule has 0 saturated heterocycles. The van der Waals surface area contributed by atoms with Crippen molar-refractivity contribution in [3.8, 4) is 0 Å². The van der Waals surface area contributed by atoms with Crippen molar-refractivity contribution in [2.75, 3.05) is 11.9 Å². The Balaban J connectivity index is 1.66. The van der Waals surface area contributed by atoms with Gasteiger partial charge in [-0.2, -0.15) is 0 Å². The van der Waals surface area contributed by atoms with Crippen LogP contribution in [0.25, 0.3) is 0 Å². The number of anilines is 1. The quantitative estimate of drug-likeness (QED) is 0.819. The van der Waals surface area contributed by atoms with Gasteiger partial charge in [-0.05, 0) is 50.2 Å². The zero-order valence-electron chi connectivity index (χ0n) is 14.2. The molecule has 3 aliphatic carbocycles. The largest absolute Gasteiger partial charge is 0.466 e. The second-order valence-corrected chi connectivity index (χ2v) is 7.70. The van der Waals surface area contributed by atoms with Crippen molar-refractivity contribution in [3.63, 3.8) is 0 Å². The number of benzene rings is 1. The van der Waals surface area contributed by atoms with Gasteiger partial charge in [0.05, 0.1) is 18.1 Å². The summed E-state index contributed by atoms with van der Waals surface area (Å²) in [7, 11) is 0. The van der Waals surface area contributed by atoms with E-state index >= 15 is 0 Å². The molecular formula is C19H24N2O3. The van der Waals surface area contributed by atoms with Gasteiger partial charge in [-0.15, -0.1) is 0 Å². The Labute approximate surface area is 142 Å². The van der Waals surface area contributed by atoms with Crippen LogP contribution in [0.4, 0.5) is 5.69 Å². The molecule has 5 rings (SSSR count). The number of fused-ring (bicyclic) bond motifs is 3.